The Morgan fingerprint density at radius 2 is 2.05 bits per heavy atom. The predicted molar refractivity (Wildman–Crippen MR) is 79.8 cm³/mol. The number of aryl methyl sites for hydroxylation is 1. The number of amides is 1. The summed E-state index contributed by atoms with van der Waals surface area (Å²) in [6.45, 7) is 5.83. The number of nitrogens with zero attached hydrogens (tertiary/aromatic N) is 2. The van der Waals surface area contributed by atoms with Gasteiger partial charge in [0, 0.05) is 37.4 Å². The summed E-state index contributed by atoms with van der Waals surface area (Å²) in [5.74, 6) is 0.200. The van der Waals surface area contributed by atoms with Crippen LogP contribution in [0.25, 0.3) is 0 Å². The number of aromatic nitrogens is 1. The Bertz CT molecular complexity index is 470. The molecule has 0 aliphatic carbocycles. The Hall–Kier alpha value is -1.29. The van der Waals surface area contributed by atoms with Gasteiger partial charge in [-0.2, -0.15) is 0 Å². The van der Waals surface area contributed by atoms with E-state index in [1.807, 2.05) is 22.9 Å². The molecule has 2 atom stereocenters. The van der Waals surface area contributed by atoms with Gasteiger partial charge in [0.25, 0.3) is 5.91 Å². The van der Waals surface area contributed by atoms with Crippen LogP contribution in [0.5, 0.6) is 0 Å². The minimum atomic E-state index is 0.200. The quantitative estimate of drug-likeness (QED) is 0.915. The van der Waals surface area contributed by atoms with Crippen LogP contribution in [0.1, 0.15) is 50.0 Å². The van der Waals surface area contributed by atoms with Crippen LogP contribution in [0.2, 0.25) is 0 Å². The molecule has 3 rings (SSSR count). The van der Waals surface area contributed by atoms with Crippen LogP contribution in [0, 0.1) is 0 Å². The van der Waals surface area contributed by atoms with Gasteiger partial charge in [0.05, 0.1) is 0 Å². The fourth-order valence-electron chi connectivity index (χ4n) is 3.88. The molecule has 2 bridgehead atoms. The standard InChI is InChI=1S/C16H25N3O/c1-3-18-9-5-6-15(18)16(20)19(4-2)14-10-12-7-8-13(11-14)17-12/h5-6,9,12-14,17H,3-4,7-8,10-11H2,1-2H3. The Balaban J connectivity index is 1.77. The van der Waals surface area contributed by atoms with E-state index in [0.717, 1.165) is 31.6 Å². The van der Waals surface area contributed by atoms with Crippen molar-refractivity contribution in [3.63, 3.8) is 0 Å². The highest BCUT2D eigenvalue weighted by atomic mass is 16.2. The monoisotopic (exact) mass is 275 g/mol. The second-order valence-corrected chi connectivity index (χ2v) is 6.03. The lowest BCUT2D eigenvalue weighted by molar-refractivity contribution is 0.0620. The van der Waals surface area contributed by atoms with Gasteiger partial charge >= 0.3 is 0 Å². The summed E-state index contributed by atoms with van der Waals surface area (Å²) in [6, 6.07) is 5.57. The summed E-state index contributed by atoms with van der Waals surface area (Å²) in [5, 5.41) is 3.65. The van der Waals surface area contributed by atoms with Gasteiger partial charge in [-0.05, 0) is 51.7 Å². The van der Waals surface area contributed by atoms with Crippen LogP contribution >= 0.6 is 0 Å². The van der Waals surface area contributed by atoms with Crippen molar-refractivity contribution in [2.24, 2.45) is 0 Å². The summed E-state index contributed by atoms with van der Waals surface area (Å²) in [6.07, 6.45) is 6.77. The first-order valence-corrected chi connectivity index (χ1v) is 7.95. The van der Waals surface area contributed by atoms with Crippen LogP contribution in [0.4, 0.5) is 0 Å². The van der Waals surface area contributed by atoms with E-state index < -0.39 is 0 Å². The lowest BCUT2D eigenvalue weighted by atomic mass is 9.98. The Labute approximate surface area is 121 Å². The van der Waals surface area contributed by atoms with Crippen molar-refractivity contribution < 1.29 is 4.79 Å². The molecule has 1 N–H and O–H groups in total. The maximum Gasteiger partial charge on any atom is 0.270 e. The molecule has 1 aromatic heterocycles. The highest BCUT2D eigenvalue weighted by Gasteiger charge is 2.37. The summed E-state index contributed by atoms with van der Waals surface area (Å²) in [4.78, 5) is 14.9. The van der Waals surface area contributed by atoms with Crippen molar-refractivity contribution in [2.45, 2.75) is 64.2 Å². The third kappa shape index (κ3) is 2.37. The lowest BCUT2D eigenvalue weighted by Crippen LogP contribution is -2.50. The SMILES string of the molecule is CCN(C(=O)c1cccn1CC)C1CC2CCC(C1)N2. The van der Waals surface area contributed by atoms with Gasteiger partial charge in [0.1, 0.15) is 5.69 Å². The molecular weight excluding hydrogens is 250 g/mol. The predicted octanol–water partition coefficient (Wildman–Crippen LogP) is 2.25. The van der Waals surface area contributed by atoms with Crippen LogP contribution in [-0.4, -0.2) is 40.0 Å². The summed E-state index contributed by atoms with van der Waals surface area (Å²) in [5.41, 5.74) is 0.834. The molecule has 2 fully saturated rings. The zero-order chi connectivity index (χ0) is 14.1. The molecule has 4 heteroatoms. The third-order valence-corrected chi connectivity index (χ3v) is 4.88. The molecule has 2 saturated heterocycles. The zero-order valence-corrected chi connectivity index (χ0v) is 12.5. The van der Waals surface area contributed by atoms with Crippen LogP contribution in [-0.2, 0) is 6.54 Å². The molecule has 1 aromatic rings. The fraction of sp³-hybridized carbons (Fsp3) is 0.688. The van der Waals surface area contributed by atoms with Gasteiger partial charge in [-0.25, -0.2) is 0 Å². The van der Waals surface area contributed by atoms with Crippen molar-refractivity contribution in [1.29, 1.82) is 0 Å². The zero-order valence-electron chi connectivity index (χ0n) is 12.5. The molecule has 0 spiro atoms. The molecule has 0 saturated carbocycles. The number of piperidine rings is 1. The van der Waals surface area contributed by atoms with E-state index in [9.17, 15) is 4.79 Å². The number of carbonyl (C=O) groups is 1. The lowest BCUT2D eigenvalue weighted by Gasteiger charge is -2.37. The molecule has 2 aliphatic rings. The Morgan fingerprint density at radius 3 is 2.65 bits per heavy atom. The van der Waals surface area contributed by atoms with E-state index >= 15 is 0 Å². The van der Waals surface area contributed by atoms with E-state index in [0.29, 0.717) is 18.1 Å². The van der Waals surface area contributed by atoms with Gasteiger partial charge in [0.15, 0.2) is 0 Å². The van der Waals surface area contributed by atoms with Crippen LogP contribution < -0.4 is 5.32 Å². The fourth-order valence-corrected chi connectivity index (χ4v) is 3.88. The average Bonchev–Trinajstić information content (AvgIpc) is 3.06. The number of fused-ring (bicyclic) bond motifs is 2. The number of hydrogen-bond acceptors (Lipinski definition) is 2. The van der Waals surface area contributed by atoms with Crippen molar-refractivity contribution >= 4 is 5.91 Å². The van der Waals surface area contributed by atoms with E-state index in [-0.39, 0.29) is 5.91 Å². The molecule has 0 radical (unpaired) electrons. The van der Waals surface area contributed by atoms with Gasteiger partial charge in [-0.1, -0.05) is 0 Å². The van der Waals surface area contributed by atoms with E-state index in [4.69, 9.17) is 0 Å². The Kier molecular flexibility index (Phi) is 3.83. The summed E-state index contributed by atoms with van der Waals surface area (Å²) in [7, 11) is 0. The van der Waals surface area contributed by atoms with Crippen LogP contribution in [0.15, 0.2) is 18.3 Å². The molecule has 4 nitrogen and oxygen atoms in total. The van der Waals surface area contributed by atoms with Crippen LogP contribution in [0.3, 0.4) is 0 Å². The first-order chi connectivity index (χ1) is 9.72. The molecule has 0 aromatic carbocycles. The van der Waals surface area contributed by atoms with Gasteiger partial charge in [-0.3, -0.25) is 4.79 Å². The minimum absolute atomic E-state index is 0.200. The average molecular weight is 275 g/mol. The second kappa shape index (κ2) is 5.60. The number of rotatable bonds is 4. The molecule has 2 aliphatic heterocycles. The molecule has 110 valence electrons. The first kappa shape index (κ1) is 13.7. The molecule has 2 unspecified atom stereocenters. The maximum atomic E-state index is 12.8. The van der Waals surface area contributed by atoms with Crippen molar-refractivity contribution in [2.75, 3.05) is 6.54 Å². The third-order valence-electron chi connectivity index (χ3n) is 4.88. The maximum absolute atomic E-state index is 12.8. The van der Waals surface area contributed by atoms with Gasteiger partial charge < -0.3 is 14.8 Å². The number of hydrogen-bond donors (Lipinski definition) is 1. The molecular formula is C16H25N3O. The van der Waals surface area contributed by atoms with Crippen molar-refractivity contribution in [3.8, 4) is 0 Å². The Morgan fingerprint density at radius 1 is 1.35 bits per heavy atom. The smallest absolute Gasteiger partial charge is 0.270 e. The minimum Gasteiger partial charge on any atom is -0.344 e. The number of nitrogens with one attached hydrogen (secondary N) is 1. The van der Waals surface area contributed by atoms with Gasteiger partial charge in [-0.15, -0.1) is 0 Å². The molecule has 3 heterocycles. The molecule has 20 heavy (non-hydrogen) atoms. The highest BCUT2D eigenvalue weighted by molar-refractivity contribution is 5.93. The van der Waals surface area contributed by atoms with Crippen molar-refractivity contribution in [3.05, 3.63) is 24.0 Å². The summed E-state index contributed by atoms with van der Waals surface area (Å²) < 4.78 is 2.04. The van der Waals surface area contributed by atoms with E-state index in [1.165, 1.54) is 12.8 Å². The topological polar surface area (TPSA) is 37.3 Å². The molecule has 1 amide bonds. The summed E-state index contributed by atoms with van der Waals surface area (Å²) >= 11 is 0. The van der Waals surface area contributed by atoms with Crippen molar-refractivity contribution in [1.82, 2.24) is 14.8 Å². The van der Waals surface area contributed by atoms with E-state index in [1.54, 1.807) is 0 Å². The highest BCUT2D eigenvalue weighted by Crippen LogP contribution is 2.30. The number of carbonyl (C=O) groups excluding carboxylic acids is 1. The largest absolute Gasteiger partial charge is 0.344 e. The van der Waals surface area contributed by atoms with Gasteiger partial charge in [0.2, 0.25) is 0 Å². The van der Waals surface area contributed by atoms with E-state index in [2.05, 4.69) is 24.1 Å². The second-order valence-electron chi connectivity index (χ2n) is 6.03. The normalized spacial score (nSPS) is 28.6. The first-order valence-electron chi connectivity index (χ1n) is 7.95.